The van der Waals surface area contributed by atoms with E-state index < -0.39 is 22.1 Å². The number of hydrogen-bond donors (Lipinski definition) is 2. The number of sulfonamides is 1. The van der Waals surface area contributed by atoms with Crippen molar-refractivity contribution < 1.29 is 27.8 Å². The maximum absolute atomic E-state index is 12.3. The Hall–Kier alpha value is -1.00. The van der Waals surface area contributed by atoms with Crippen molar-refractivity contribution >= 4 is 27.3 Å². The van der Waals surface area contributed by atoms with Crippen LogP contribution in [0.2, 0.25) is 0 Å². The lowest BCUT2D eigenvalue weighted by molar-refractivity contribution is 0.0597. The first-order chi connectivity index (χ1) is 9.83. The molecule has 0 saturated heterocycles. The maximum atomic E-state index is 12.3. The predicted molar refractivity (Wildman–Crippen MR) is 78.1 cm³/mol. The number of aryl methyl sites for hydroxylation is 1. The van der Waals surface area contributed by atoms with Gasteiger partial charge in [0, 0.05) is 13.7 Å². The molecule has 0 bridgehead atoms. The Bertz CT molecular complexity index is 581. The summed E-state index contributed by atoms with van der Waals surface area (Å²) in [5, 5.41) is 11.1. The summed E-state index contributed by atoms with van der Waals surface area (Å²) in [5.74, 6) is -0.687. The van der Waals surface area contributed by atoms with Crippen molar-refractivity contribution in [2.24, 2.45) is 0 Å². The minimum Gasteiger partial charge on any atom is -0.465 e. The van der Waals surface area contributed by atoms with Gasteiger partial charge < -0.3 is 14.6 Å². The van der Waals surface area contributed by atoms with Crippen LogP contribution in [0, 0.1) is 6.92 Å². The largest absolute Gasteiger partial charge is 0.465 e. The molecule has 0 fully saturated rings. The SMILES string of the molecule is COCC(O)CCNS(=O)(=O)c1c(C)csc1C(=O)OC. The smallest absolute Gasteiger partial charge is 0.349 e. The number of rotatable bonds is 8. The van der Waals surface area contributed by atoms with Crippen LogP contribution in [-0.2, 0) is 19.5 Å². The van der Waals surface area contributed by atoms with Crippen LogP contribution in [-0.4, -0.2) is 53.0 Å². The van der Waals surface area contributed by atoms with Crippen LogP contribution in [0.25, 0.3) is 0 Å². The summed E-state index contributed by atoms with van der Waals surface area (Å²) >= 11 is 1.02. The van der Waals surface area contributed by atoms with Crippen molar-refractivity contribution in [3.63, 3.8) is 0 Å². The minimum atomic E-state index is -3.84. The summed E-state index contributed by atoms with van der Waals surface area (Å²) in [7, 11) is -1.19. The van der Waals surface area contributed by atoms with Crippen LogP contribution in [0.15, 0.2) is 10.3 Å². The highest BCUT2D eigenvalue weighted by Crippen LogP contribution is 2.27. The lowest BCUT2D eigenvalue weighted by Crippen LogP contribution is -2.29. The number of esters is 1. The Morgan fingerprint density at radius 3 is 2.71 bits per heavy atom. The third-order valence-corrected chi connectivity index (χ3v) is 5.54. The molecule has 0 aromatic carbocycles. The molecule has 0 aliphatic rings. The number of carbonyl (C=O) groups is 1. The number of thiophene rings is 1. The summed E-state index contributed by atoms with van der Waals surface area (Å²) < 4.78 is 36.2. The summed E-state index contributed by atoms with van der Waals surface area (Å²) in [4.78, 5) is 11.6. The molecule has 1 rings (SSSR count). The Balaban J connectivity index is 2.84. The van der Waals surface area contributed by atoms with Crippen LogP contribution >= 0.6 is 11.3 Å². The van der Waals surface area contributed by atoms with Gasteiger partial charge in [-0.2, -0.15) is 0 Å². The zero-order chi connectivity index (χ0) is 16.0. The average molecular weight is 337 g/mol. The van der Waals surface area contributed by atoms with Crippen LogP contribution in [0.5, 0.6) is 0 Å². The van der Waals surface area contributed by atoms with Crippen molar-refractivity contribution in [3.05, 3.63) is 15.8 Å². The quantitative estimate of drug-likeness (QED) is 0.671. The molecule has 7 nitrogen and oxygen atoms in total. The van der Waals surface area contributed by atoms with E-state index in [0.717, 1.165) is 11.3 Å². The fraction of sp³-hybridized carbons (Fsp3) is 0.583. The molecule has 1 heterocycles. The molecule has 1 unspecified atom stereocenters. The molecule has 120 valence electrons. The van der Waals surface area contributed by atoms with Gasteiger partial charge in [-0.25, -0.2) is 17.9 Å². The number of hydrogen-bond acceptors (Lipinski definition) is 7. The van der Waals surface area contributed by atoms with E-state index in [9.17, 15) is 18.3 Å². The van der Waals surface area contributed by atoms with Gasteiger partial charge in [0.25, 0.3) is 0 Å². The van der Waals surface area contributed by atoms with Gasteiger partial charge in [0.2, 0.25) is 10.0 Å². The van der Waals surface area contributed by atoms with Crippen molar-refractivity contribution in [2.75, 3.05) is 27.4 Å². The second-order valence-electron chi connectivity index (χ2n) is 4.36. The van der Waals surface area contributed by atoms with E-state index in [1.165, 1.54) is 14.2 Å². The molecule has 9 heteroatoms. The van der Waals surface area contributed by atoms with Crippen LogP contribution in [0.1, 0.15) is 21.7 Å². The zero-order valence-electron chi connectivity index (χ0n) is 12.1. The lowest BCUT2D eigenvalue weighted by atomic mass is 10.3. The third-order valence-electron chi connectivity index (χ3n) is 2.69. The van der Waals surface area contributed by atoms with E-state index in [2.05, 4.69) is 9.46 Å². The molecule has 1 atom stereocenters. The summed E-state index contributed by atoms with van der Waals surface area (Å²) in [6.07, 6.45) is -0.537. The van der Waals surface area contributed by atoms with E-state index in [1.54, 1.807) is 12.3 Å². The monoisotopic (exact) mass is 337 g/mol. The Labute approximate surface area is 127 Å². The predicted octanol–water partition coefficient (Wildman–Crippen LogP) is 0.519. The first-order valence-corrected chi connectivity index (χ1v) is 8.52. The molecule has 0 saturated carbocycles. The standard InChI is InChI=1S/C12H19NO6S2/c1-8-7-20-10(12(15)19-3)11(8)21(16,17)13-5-4-9(14)6-18-2/h7,9,13-14H,4-6H2,1-3H3. The number of nitrogens with one attached hydrogen (secondary N) is 1. The lowest BCUT2D eigenvalue weighted by Gasteiger charge is -2.11. The average Bonchev–Trinajstić information content (AvgIpc) is 2.80. The highest BCUT2D eigenvalue weighted by molar-refractivity contribution is 7.89. The molecule has 2 N–H and O–H groups in total. The third kappa shape index (κ3) is 4.75. The zero-order valence-corrected chi connectivity index (χ0v) is 13.7. The van der Waals surface area contributed by atoms with Crippen LogP contribution in [0.4, 0.5) is 0 Å². The first kappa shape index (κ1) is 18.1. The van der Waals surface area contributed by atoms with Crippen molar-refractivity contribution in [1.29, 1.82) is 0 Å². The second-order valence-corrected chi connectivity index (χ2v) is 6.95. The van der Waals surface area contributed by atoms with Gasteiger partial charge in [0.15, 0.2) is 0 Å². The van der Waals surface area contributed by atoms with E-state index in [1.807, 2.05) is 0 Å². The number of carbonyl (C=O) groups excluding carboxylic acids is 1. The molecule has 1 aromatic rings. The summed E-state index contributed by atoms with van der Waals surface area (Å²) in [5.41, 5.74) is 0.477. The molecule has 21 heavy (non-hydrogen) atoms. The molecular weight excluding hydrogens is 318 g/mol. The van der Waals surface area contributed by atoms with Crippen molar-refractivity contribution in [3.8, 4) is 0 Å². The van der Waals surface area contributed by atoms with Gasteiger partial charge in [-0.3, -0.25) is 0 Å². The molecule has 0 aliphatic heterocycles. The number of ether oxygens (including phenoxy) is 2. The Kier molecular flexibility index (Phi) is 6.75. The fourth-order valence-corrected chi connectivity index (χ4v) is 4.46. The molecule has 0 spiro atoms. The highest BCUT2D eigenvalue weighted by atomic mass is 32.2. The van der Waals surface area contributed by atoms with Gasteiger partial charge in [0.1, 0.15) is 9.77 Å². The van der Waals surface area contributed by atoms with E-state index >= 15 is 0 Å². The topological polar surface area (TPSA) is 102 Å². The Morgan fingerprint density at radius 1 is 1.48 bits per heavy atom. The molecule has 1 aromatic heterocycles. The van der Waals surface area contributed by atoms with Crippen molar-refractivity contribution in [1.82, 2.24) is 4.72 Å². The van der Waals surface area contributed by atoms with Gasteiger partial charge in [-0.15, -0.1) is 11.3 Å². The van der Waals surface area contributed by atoms with Crippen LogP contribution in [0.3, 0.4) is 0 Å². The number of aliphatic hydroxyl groups excluding tert-OH is 1. The van der Waals surface area contributed by atoms with Crippen LogP contribution < -0.4 is 4.72 Å². The molecule has 0 amide bonds. The highest BCUT2D eigenvalue weighted by Gasteiger charge is 2.27. The molecular formula is C12H19NO6S2. The van der Waals surface area contributed by atoms with Gasteiger partial charge >= 0.3 is 5.97 Å². The van der Waals surface area contributed by atoms with E-state index in [4.69, 9.17) is 4.74 Å². The first-order valence-electron chi connectivity index (χ1n) is 6.16. The van der Waals surface area contributed by atoms with E-state index in [0.29, 0.717) is 5.56 Å². The number of aliphatic hydroxyl groups is 1. The van der Waals surface area contributed by atoms with Gasteiger partial charge in [0.05, 0.1) is 19.8 Å². The van der Waals surface area contributed by atoms with E-state index in [-0.39, 0.29) is 29.3 Å². The molecule has 0 aliphatic carbocycles. The fourth-order valence-electron chi connectivity index (χ4n) is 1.71. The second kappa shape index (κ2) is 7.85. The minimum absolute atomic E-state index is 0.0416. The van der Waals surface area contributed by atoms with Gasteiger partial charge in [-0.05, 0) is 24.3 Å². The van der Waals surface area contributed by atoms with Crippen molar-refractivity contribution in [2.45, 2.75) is 24.3 Å². The Morgan fingerprint density at radius 2 is 2.14 bits per heavy atom. The summed E-state index contributed by atoms with van der Waals surface area (Å²) in [6.45, 7) is 1.78. The van der Waals surface area contributed by atoms with Gasteiger partial charge in [-0.1, -0.05) is 0 Å². The number of methoxy groups -OCH3 is 2. The normalized spacial score (nSPS) is 13.1. The summed E-state index contributed by atoms with van der Waals surface area (Å²) in [6, 6.07) is 0. The molecule has 0 radical (unpaired) electrons. The maximum Gasteiger partial charge on any atom is 0.349 e.